The minimum absolute atomic E-state index is 0.0720. The predicted octanol–water partition coefficient (Wildman–Crippen LogP) is 1.41. The van der Waals surface area contributed by atoms with Crippen molar-refractivity contribution in [2.75, 3.05) is 5.32 Å². The molecule has 7 heteroatoms. The molecule has 24 heavy (non-hydrogen) atoms. The fourth-order valence-corrected chi connectivity index (χ4v) is 3.61. The number of rotatable bonds is 3. The number of carbonyl (C=O) groups excluding carboxylic acids is 1. The summed E-state index contributed by atoms with van der Waals surface area (Å²) in [6.07, 6.45) is 8.09. The van der Waals surface area contributed by atoms with E-state index in [0.717, 1.165) is 29.8 Å². The van der Waals surface area contributed by atoms with Crippen molar-refractivity contribution in [1.82, 2.24) is 20.1 Å². The smallest absolute Gasteiger partial charge is 0.254 e. The standard InChI is InChI=1S/C17H22N6O/c1-23-9-11(8-20-23)16-15-10(7-19-17(15)24)6-14(22-16)21-13-5-3-2-4-12(13)18/h6,8-9,12-13H,2-5,7,18H2,1H3,(H,19,24)(H,21,22). The Morgan fingerprint density at radius 1 is 1.38 bits per heavy atom. The van der Waals surface area contributed by atoms with Gasteiger partial charge in [-0.25, -0.2) is 4.98 Å². The molecule has 2 atom stereocenters. The Kier molecular flexibility index (Phi) is 3.72. The summed E-state index contributed by atoms with van der Waals surface area (Å²) in [6.45, 7) is 0.537. The Hall–Kier alpha value is -2.41. The highest BCUT2D eigenvalue weighted by Gasteiger charge is 2.28. The first kappa shape index (κ1) is 15.1. The van der Waals surface area contributed by atoms with Crippen molar-refractivity contribution in [1.29, 1.82) is 0 Å². The summed E-state index contributed by atoms with van der Waals surface area (Å²) in [5.74, 6) is 0.712. The molecule has 2 aromatic heterocycles. The number of aryl methyl sites for hydroxylation is 1. The lowest BCUT2D eigenvalue weighted by Gasteiger charge is -2.30. The molecule has 2 aromatic rings. The van der Waals surface area contributed by atoms with Gasteiger partial charge in [-0.2, -0.15) is 5.10 Å². The first-order valence-electron chi connectivity index (χ1n) is 8.45. The minimum atomic E-state index is -0.0720. The zero-order valence-corrected chi connectivity index (χ0v) is 13.7. The molecule has 0 aromatic carbocycles. The van der Waals surface area contributed by atoms with Crippen LogP contribution in [-0.2, 0) is 13.6 Å². The number of amides is 1. The van der Waals surface area contributed by atoms with Crippen LogP contribution in [0.3, 0.4) is 0 Å². The molecular weight excluding hydrogens is 304 g/mol. The van der Waals surface area contributed by atoms with E-state index in [0.29, 0.717) is 17.8 Å². The van der Waals surface area contributed by atoms with E-state index in [1.165, 1.54) is 12.8 Å². The van der Waals surface area contributed by atoms with Crippen molar-refractivity contribution < 1.29 is 4.79 Å². The molecule has 4 rings (SSSR count). The number of nitrogens with one attached hydrogen (secondary N) is 2. The molecule has 1 fully saturated rings. The second-order valence-electron chi connectivity index (χ2n) is 6.67. The molecule has 2 unspecified atom stereocenters. The maximum Gasteiger partial charge on any atom is 0.254 e. The molecule has 1 amide bonds. The van der Waals surface area contributed by atoms with E-state index in [2.05, 4.69) is 15.7 Å². The second kappa shape index (κ2) is 5.90. The lowest BCUT2D eigenvalue weighted by molar-refractivity contribution is 0.0966. The predicted molar refractivity (Wildman–Crippen MR) is 91.5 cm³/mol. The number of anilines is 1. The molecule has 1 aliphatic heterocycles. The molecule has 0 radical (unpaired) electrons. The quantitative estimate of drug-likeness (QED) is 0.792. The van der Waals surface area contributed by atoms with Crippen molar-refractivity contribution in [3.63, 3.8) is 0 Å². The highest BCUT2D eigenvalue weighted by atomic mass is 16.1. The fourth-order valence-electron chi connectivity index (χ4n) is 3.61. The van der Waals surface area contributed by atoms with Crippen LogP contribution < -0.4 is 16.4 Å². The third kappa shape index (κ3) is 2.65. The Balaban J connectivity index is 1.72. The van der Waals surface area contributed by atoms with Crippen LogP contribution in [0, 0.1) is 0 Å². The van der Waals surface area contributed by atoms with Gasteiger partial charge in [0.15, 0.2) is 0 Å². The number of fused-ring (bicyclic) bond motifs is 1. The maximum absolute atomic E-state index is 12.2. The summed E-state index contributed by atoms with van der Waals surface area (Å²) in [5.41, 5.74) is 9.40. The summed E-state index contributed by atoms with van der Waals surface area (Å²) in [7, 11) is 1.85. The third-order valence-corrected chi connectivity index (χ3v) is 4.90. The molecule has 7 nitrogen and oxygen atoms in total. The van der Waals surface area contributed by atoms with Crippen LogP contribution in [0.15, 0.2) is 18.5 Å². The molecule has 0 saturated heterocycles. The van der Waals surface area contributed by atoms with E-state index < -0.39 is 0 Å². The number of hydrogen-bond donors (Lipinski definition) is 3. The van der Waals surface area contributed by atoms with Crippen molar-refractivity contribution in [3.05, 3.63) is 29.6 Å². The number of nitrogens with two attached hydrogens (primary N) is 1. The largest absolute Gasteiger partial charge is 0.366 e. The monoisotopic (exact) mass is 326 g/mol. The number of pyridine rings is 1. The maximum atomic E-state index is 12.2. The van der Waals surface area contributed by atoms with Crippen LogP contribution in [0.4, 0.5) is 5.82 Å². The molecule has 126 valence electrons. The van der Waals surface area contributed by atoms with Crippen molar-refractivity contribution in [3.8, 4) is 11.3 Å². The molecule has 3 heterocycles. The molecule has 0 spiro atoms. The van der Waals surface area contributed by atoms with E-state index in [1.807, 2.05) is 19.3 Å². The van der Waals surface area contributed by atoms with Crippen LogP contribution in [0.5, 0.6) is 0 Å². The Morgan fingerprint density at radius 2 is 2.21 bits per heavy atom. The van der Waals surface area contributed by atoms with Gasteiger partial charge in [0, 0.05) is 37.4 Å². The lowest BCUT2D eigenvalue weighted by atomic mass is 9.91. The van der Waals surface area contributed by atoms with Crippen LogP contribution in [0.2, 0.25) is 0 Å². The first-order valence-corrected chi connectivity index (χ1v) is 8.45. The van der Waals surface area contributed by atoms with Gasteiger partial charge in [0.2, 0.25) is 0 Å². The van der Waals surface area contributed by atoms with Gasteiger partial charge >= 0.3 is 0 Å². The number of carbonyl (C=O) groups is 1. The van der Waals surface area contributed by atoms with Gasteiger partial charge in [-0.1, -0.05) is 12.8 Å². The topological polar surface area (TPSA) is 97.9 Å². The van der Waals surface area contributed by atoms with E-state index in [-0.39, 0.29) is 18.0 Å². The summed E-state index contributed by atoms with van der Waals surface area (Å²) in [5, 5.41) is 10.6. The van der Waals surface area contributed by atoms with Gasteiger partial charge in [-0.05, 0) is 24.5 Å². The SMILES string of the molecule is Cn1cc(-c2nc(NC3CCCCC3N)cc3c2C(=O)NC3)cn1. The van der Waals surface area contributed by atoms with Gasteiger partial charge in [0.05, 0.1) is 17.5 Å². The highest BCUT2D eigenvalue weighted by molar-refractivity contribution is 6.04. The van der Waals surface area contributed by atoms with Gasteiger partial charge in [-0.15, -0.1) is 0 Å². The van der Waals surface area contributed by atoms with E-state index in [4.69, 9.17) is 10.7 Å². The summed E-state index contributed by atoms with van der Waals surface area (Å²) >= 11 is 0. The average Bonchev–Trinajstić information content (AvgIpc) is 3.16. The van der Waals surface area contributed by atoms with Gasteiger partial charge < -0.3 is 16.4 Å². The molecule has 4 N–H and O–H groups in total. The van der Waals surface area contributed by atoms with Crippen LogP contribution in [0.1, 0.15) is 41.6 Å². The fraction of sp³-hybridized carbons (Fsp3) is 0.471. The van der Waals surface area contributed by atoms with Crippen molar-refractivity contribution >= 4 is 11.7 Å². The van der Waals surface area contributed by atoms with Crippen LogP contribution >= 0.6 is 0 Å². The number of nitrogens with zero attached hydrogens (tertiary/aromatic N) is 3. The van der Waals surface area contributed by atoms with E-state index in [9.17, 15) is 4.79 Å². The van der Waals surface area contributed by atoms with Crippen LogP contribution in [0.25, 0.3) is 11.3 Å². The Morgan fingerprint density at radius 3 is 2.96 bits per heavy atom. The van der Waals surface area contributed by atoms with E-state index in [1.54, 1.807) is 10.9 Å². The van der Waals surface area contributed by atoms with E-state index >= 15 is 0 Å². The highest BCUT2D eigenvalue weighted by Crippen LogP contribution is 2.30. The van der Waals surface area contributed by atoms with Crippen LogP contribution in [-0.4, -0.2) is 32.8 Å². The molecule has 2 aliphatic rings. The summed E-state index contributed by atoms with van der Waals surface area (Å²) in [6, 6.07) is 2.35. The number of aromatic nitrogens is 3. The molecule has 1 saturated carbocycles. The zero-order valence-electron chi connectivity index (χ0n) is 13.7. The van der Waals surface area contributed by atoms with Crippen molar-refractivity contribution in [2.24, 2.45) is 12.8 Å². The summed E-state index contributed by atoms with van der Waals surface area (Å²) in [4.78, 5) is 16.9. The molecule has 1 aliphatic carbocycles. The van der Waals surface area contributed by atoms with Gasteiger partial charge in [0.25, 0.3) is 5.91 Å². The normalized spacial score (nSPS) is 23.0. The van der Waals surface area contributed by atoms with Crippen molar-refractivity contribution in [2.45, 2.75) is 44.3 Å². The first-order chi connectivity index (χ1) is 11.6. The van der Waals surface area contributed by atoms with Gasteiger partial charge in [-0.3, -0.25) is 9.48 Å². The molecular formula is C17H22N6O. The summed E-state index contributed by atoms with van der Waals surface area (Å²) < 4.78 is 1.72. The van der Waals surface area contributed by atoms with Gasteiger partial charge in [0.1, 0.15) is 5.82 Å². The molecule has 0 bridgehead atoms. The Bertz CT molecular complexity index is 783. The zero-order chi connectivity index (χ0) is 16.7. The lowest BCUT2D eigenvalue weighted by Crippen LogP contribution is -2.42. The number of hydrogen-bond acceptors (Lipinski definition) is 5. The Labute approximate surface area is 140 Å². The average molecular weight is 326 g/mol. The minimum Gasteiger partial charge on any atom is -0.366 e. The second-order valence-corrected chi connectivity index (χ2v) is 6.67. The third-order valence-electron chi connectivity index (χ3n) is 4.90.